The molecule has 25 heavy (non-hydrogen) atoms. The average Bonchev–Trinajstić information content (AvgIpc) is 2.58. The summed E-state index contributed by atoms with van der Waals surface area (Å²) >= 11 is 3.31. The lowest BCUT2D eigenvalue weighted by molar-refractivity contribution is -0.144. The third kappa shape index (κ3) is 5.71. The Hall–Kier alpha value is -2.14. The van der Waals surface area contributed by atoms with Gasteiger partial charge in [-0.15, -0.1) is 0 Å². The number of halogens is 1. The van der Waals surface area contributed by atoms with Gasteiger partial charge in [0.15, 0.2) is 19.0 Å². The second-order valence-corrected chi connectivity index (χ2v) is 6.99. The summed E-state index contributed by atoms with van der Waals surface area (Å²) in [7, 11) is 0. The van der Waals surface area contributed by atoms with E-state index in [-0.39, 0.29) is 24.9 Å². The molecule has 0 spiro atoms. The molecule has 4 nitrogen and oxygen atoms in total. The number of carbonyl (C=O) groups is 2. The fourth-order valence-corrected chi connectivity index (χ4v) is 2.55. The molecule has 0 aliphatic rings. The number of ether oxygens (including phenoxy) is 2. The van der Waals surface area contributed by atoms with E-state index in [2.05, 4.69) is 29.8 Å². The maximum absolute atomic E-state index is 12.0. The summed E-state index contributed by atoms with van der Waals surface area (Å²) in [6.45, 7) is 5.57. The van der Waals surface area contributed by atoms with Crippen molar-refractivity contribution in [2.24, 2.45) is 0 Å². The van der Waals surface area contributed by atoms with Crippen LogP contribution in [-0.2, 0) is 9.53 Å². The summed E-state index contributed by atoms with van der Waals surface area (Å²) in [6.07, 6.45) is 0. The van der Waals surface area contributed by atoms with E-state index in [9.17, 15) is 9.59 Å². The molecular formula is C20H21BrO4. The Kier molecular flexibility index (Phi) is 6.76. The van der Waals surface area contributed by atoms with Crippen LogP contribution in [0.5, 0.6) is 5.75 Å². The van der Waals surface area contributed by atoms with E-state index in [0.717, 1.165) is 15.6 Å². The summed E-state index contributed by atoms with van der Waals surface area (Å²) in [5, 5.41) is 0. The van der Waals surface area contributed by atoms with Gasteiger partial charge in [0.2, 0.25) is 0 Å². The van der Waals surface area contributed by atoms with E-state index in [1.54, 1.807) is 24.3 Å². The molecule has 2 aromatic carbocycles. The number of hydrogen-bond acceptors (Lipinski definition) is 4. The number of esters is 1. The minimum Gasteiger partial charge on any atom is -0.482 e. The molecule has 0 bridgehead atoms. The van der Waals surface area contributed by atoms with Gasteiger partial charge in [-0.05, 0) is 42.2 Å². The van der Waals surface area contributed by atoms with Crippen molar-refractivity contribution in [1.82, 2.24) is 0 Å². The van der Waals surface area contributed by atoms with Gasteiger partial charge in [0.25, 0.3) is 0 Å². The van der Waals surface area contributed by atoms with Crippen molar-refractivity contribution in [3.8, 4) is 5.75 Å². The van der Waals surface area contributed by atoms with Crippen molar-refractivity contribution >= 4 is 27.7 Å². The molecule has 0 amide bonds. The van der Waals surface area contributed by atoms with Crippen LogP contribution in [0.25, 0.3) is 0 Å². The van der Waals surface area contributed by atoms with Crippen molar-refractivity contribution in [3.05, 3.63) is 63.6 Å². The number of hydrogen-bond donors (Lipinski definition) is 0. The minimum atomic E-state index is -0.568. The van der Waals surface area contributed by atoms with Crippen LogP contribution < -0.4 is 4.74 Å². The summed E-state index contributed by atoms with van der Waals surface area (Å²) < 4.78 is 11.5. The monoisotopic (exact) mass is 404 g/mol. The first kappa shape index (κ1) is 19.2. The molecule has 2 rings (SSSR count). The van der Waals surface area contributed by atoms with Gasteiger partial charge in [-0.2, -0.15) is 0 Å². The second-order valence-electron chi connectivity index (χ2n) is 6.08. The first-order valence-electron chi connectivity index (χ1n) is 8.04. The molecule has 5 heteroatoms. The molecule has 2 aromatic rings. The zero-order chi connectivity index (χ0) is 18.4. The van der Waals surface area contributed by atoms with Crippen molar-refractivity contribution in [1.29, 1.82) is 0 Å². The smallest absolute Gasteiger partial charge is 0.344 e. The number of Topliss-reactive ketones (excluding diaryl/α,β-unsaturated/α-hetero) is 1. The van der Waals surface area contributed by atoms with E-state index in [1.807, 2.05) is 25.1 Å². The lowest BCUT2D eigenvalue weighted by Crippen LogP contribution is -2.20. The van der Waals surface area contributed by atoms with E-state index in [0.29, 0.717) is 11.3 Å². The molecule has 0 N–H and O–H groups in total. The van der Waals surface area contributed by atoms with Crippen molar-refractivity contribution in [3.63, 3.8) is 0 Å². The molecule has 0 unspecified atom stereocenters. The largest absolute Gasteiger partial charge is 0.482 e. The van der Waals surface area contributed by atoms with Crippen LogP contribution in [0.2, 0.25) is 0 Å². The van der Waals surface area contributed by atoms with Gasteiger partial charge in [0.1, 0.15) is 5.75 Å². The predicted molar refractivity (Wildman–Crippen MR) is 100 cm³/mol. The fourth-order valence-electron chi connectivity index (χ4n) is 2.29. The Balaban J connectivity index is 1.88. The highest BCUT2D eigenvalue weighted by molar-refractivity contribution is 9.10. The third-order valence-electron chi connectivity index (χ3n) is 3.67. The Labute approximate surface area is 156 Å². The lowest BCUT2D eigenvalue weighted by Gasteiger charge is -2.14. The number of carbonyl (C=O) groups excluding carboxylic acids is 2. The minimum absolute atomic E-state index is 0.225. The topological polar surface area (TPSA) is 52.6 Å². The molecule has 0 aromatic heterocycles. The van der Waals surface area contributed by atoms with Gasteiger partial charge < -0.3 is 9.47 Å². The van der Waals surface area contributed by atoms with Crippen LogP contribution in [0.15, 0.2) is 46.9 Å². The highest BCUT2D eigenvalue weighted by Gasteiger charge is 2.13. The number of ketones is 1. The van der Waals surface area contributed by atoms with Gasteiger partial charge in [-0.25, -0.2) is 4.79 Å². The predicted octanol–water partition coefficient (Wildman–Crippen LogP) is 4.69. The van der Waals surface area contributed by atoms with Gasteiger partial charge in [-0.3, -0.25) is 4.79 Å². The van der Waals surface area contributed by atoms with Gasteiger partial charge >= 0.3 is 5.97 Å². The molecule has 0 heterocycles. The van der Waals surface area contributed by atoms with Crippen LogP contribution >= 0.6 is 15.9 Å². The van der Waals surface area contributed by atoms with Crippen LogP contribution in [-0.4, -0.2) is 25.0 Å². The first-order chi connectivity index (χ1) is 11.9. The highest BCUT2D eigenvalue weighted by atomic mass is 79.9. The second kappa shape index (κ2) is 8.81. The Morgan fingerprint density at radius 3 is 2.36 bits per heavy atom. The van der Waals surface area contributed by atoms with E-state index in [4.69, 9.17) is 9.47 Å². The molecule has 132 valence electrons. The Bertz CT molecular complexity index is 751. The summed E-state index contributed by atoms with van der Waals surface area (Å²) in [5.74, 6) is 0.137. The normalized spacial score (nSPS) is 10.6. The molecule has 0 aliphatic heterocycles. The van der Waals surface area contributed by atoms with E-state index >= 15 is 0 Å². The average molecular weight is 405 g/mol. The lowest BCUT2D eigenvalue weighted by atomic mass is 10.0. The van der Waals surface area contributed by atoms with E-state index in [1.165, 1.54) is 0 Å². The highest BCUT2D eigenvalue weighted by Crippen LogP contribution is 2.27. The molecular weight excluding hydrogens is 384 g/mol. The molecule has 0 fully saturated rings. The number of benzene rings is 2. The quantitative estimate of drug-likeness (QED) is 0.496. The summed E-state index contributed by atoms with van der Waals surface area (Å²) in [6, 6.07) is 12.8. The van der Waals surface area contributed by atoms with Crippen molar-refractivity contribution in [2.75, 3.05) is 13.2 Å². The van der Waals surface area contributed by atoms with Crippen LogP contribution in [0.4, 0.5) is 0 Å². The summed E-state index contributed by atoms with van der Waals surface area (Å²) in [5.41, 5.74) is 2.58. The maximum atomic E-state index is 12.0. The molecule has 0 radical (unpaired) electrons. The number of rotatable bonds is 7. The maximum Gasteiger partial charge on any atom is 0.344 e. The zero-order valence-electron chi connectivity index (χ0n) is 14.5. The van der Waals surface area contributed by atoms with Gasteiger partial charge in [0, 0.05) is 10.0 Å². The molecule has 0 saturated heterocycles. The van der Waals surface area contributed by atoms with Crippen LogP contribution in [0, 0.1) is 6.92 Å². The molecule has 0 atom stereocenters. The van der Waals surface area contributed by atoms with Crippen LogP contribution in [0.1, 0.15) is 41.3 Å². The third-order valence-corrected chi connectivity index (χ3v) is 4.20. The SMILES string of the molecule is Cc1ccc(C(C)C)c(OCC(=O)OCC(=O)c2ccc(Br)cc2)c1. The molecule has 0 saturated carbocycles. The number of aryl methyl sites for hydroxylation is 1. The van der Waals surface area contributed by atoms with Gasteiger partial charge in [0.05, 0.1) is 0 Å². The van der Waals surface area contributed by atoms with E-state index < -0.39 is 5.97 Å². The zero-order valence-corrected chi connectivity index (χ0v) is 16.1. The van der Waals surface area contributed by atoms with Crippen molar-refractivity contribution in [2.45, 2.75) is 26.7 Å². The van der Waals surface area contributed by atoms with Gasteiger partial charge in [-0.1, -0.05) is 54.0 Å². The standard InChI is InChI=1S/C20H21BrO4/c1-13(2)17-9-4-14(3)10-19(17)24-12-20(23)25-11-18(22)15-5-7-16(21)8-6-15/h4-10,13H,11-12H2,1-3H3. The first-order valence-corrected chi connectivity index (χ1v) is 8.84. The fraction of sp³-hybridized carbons (Fsp3) is 0.300. The van der Waals surface area contributed by atoms with Crippen molar-refractivity contribution < 1.29 is 19.1 Å². The Morgan fingerprint density at radius 2 is 1.72 bits per heavy atom. The Morgan fingerprint density at radius 1 is 1.04 bits per heavy atom. The molecule has 0 aliphatic carbocycles. The summed E-state index contributed by atoms with van der Waals surface area (Å²) in [4.78, 5) is 23.9. The van der Waals surface area contributed by atoms with Crippen LogP contribution in [0.3, 0.4) is 0 Å².